The van der Waals surface area contributed by atoms with Crippen LogP contribution in [0.1, 0.15) is 11.6 Å². The molecule has 2 aliphatic rings. The number of piperazine rings is 1. The maximum absolute atomic E-state index is 5.39. The Morgan fingerprint density at radius 3 is 3.06 bits per heavy atom. The lowest BCUT2D eigenvalue weighted by Gasteiger charge is -2.31. The fourth-order valence-corrected chi connectivity index (χ4v) is 2.25. The number of rotatable bonds is 1. The number of nitrogens with zero attached hydrogens (tertiary/aromatic N) is 1. The predicted molar refractivity (Wildman–Crippen MR) is 60.8 cm³/mol. The van der Waals surface area contributed by atoms with Crippen LogP contribution in [0.25, 0.3) is 0 Å². The second-order valence-electron chi connectivity index (χ2n) is 4.38. The first-order valence-electron chi connectivity index (χ1n) is 5.64. The van der Waals surface area contributed by atoms with Gasteiger partial charge in [-0.1, -0.05) is 6.07 Å². The van der Waals surface area contributed by atoms with Crippen LogP contribution >= 0.6 is 0 Å². The Balaban J connectivity index is 1.83. The lowest BCUT2D eigenvalue weighted by molar-refractivity contribution is 0.174. The van der Waals surface area contributed by atoms with Gasteiger partial charge in [0, 0.05) is 25.7 Å². The van der Waals surface area contributed by atoms with Gasteiger partial charge in [0.1, 0.15) is 0 Å². The number of hydrogen-bond acceptors (Lipinski definition) is 4. The van der Waals surface area contributed by atoms with E-state index < -0.39 is 0 Å². The summed E-state index contributed by atoms with van der Waals surface area (Å²) in [4.78, 5) is 2.34. The first-order valence-corrected chi connectivity index (χ1v) is 5.64. The summed E-state index contributed by atoms with van der Waals surface area (Å²) in [7, 11) is 2.15. The molecule has 3 rings (SSSR count). The van der Waals surface area contributed by atoms with Crippen molar-refractivity contribution < 1.29 is 9.47 Å². The summed E-state index contributed by atoms with van der Waals surface area (Å²) in [5, 5.41) is 3.52. The van der Waals surface area contributed by atoms with Crippen LogP contribution in [0.2, 0.25) is 0 Å². The van der Waals surface area contributed by atoms with Crippen molar-refractivity contribution in [3.05, 3.63) is 23.8 Å². The van der Waals surface area contributed by atoms with Gasteiger partial charge < -0.3 is 19.7 Å². The van der Waals surface area contributed by atoms with E-state index in [0.29, 0.717) is 12.8 Å². The molecule has 86 valence electrons. The van der Waals surface area contributed by atoms with Crippen molar-refractivity contribution in [1.82, 2.24) is 10.2 Å². The van der Waals surface area contributed by atoms with Crippen LogP contribution in [-0.2, 0) is 0 Å². The van der Waals surface area contributed by atoms with Crippen LogP contribution in [0.4, 0.5) is 0 Å². The Hall–Kier alpha value is -1.26. The number of ether oxygens (including phenoxy) is 2. The van der Waals surface area contributed by atoms with Crippen LogP contribution < -0.4 is 14.8 Å². The fourth-order valence-electron chi connectivity index (χ4n) is 2.25. The normalized spacial score (nSPS) is 24.7. The fraction of sp³-hybridized carbons (Fsp3) is 0.500. The Morgan fingerprint density at radius 1 is 1.31 bits per heavy atom. The molecule has 0 bridgehead atoms. The number of likely N-dealkylation sites (N-methyl/N-ethyl adjacent to an activating group) is 1. The second-order valence-corrected chi connectivity index (χ2v) is 4.38. The predicted octanol–water partition coefficient (Wildman–Crippen LogP) is 0.991. The van der Waals surface area contributed by atoms with Crippen molar-refractivity contribution in [2.24, 2.45) is 0 Å². The van der Waals surface area contributed by atoms with E-state index in [9.17, 15) is 0 Å². The highest BCUT2D eigenvalue weighted by atomic mass is 16.7. The maximum Gasteiger partial charge on any atom is 0.231 e. The van der Waals surface area contributed by atoms with Crippen LogP contribution in [0, 0.1) is 0 Å². The quantitative estimate of drug-likeness (QED) is 0.765. The summed E-state index contributed by atoms with van der Waals surface area (Å²) in [6, 6.07) is 6.59. The third-order valence-electron chi connectivity index (χ3n) is 3.18. The molecule has 1 saturated heterocycles. The van der Waals surface area contributed by atoms with Crippen LogP contribution in [0.3, 0.4) is 0 Å². The highest BCUT2D eigenvalue weighted by Gasteiger charge is 2.21. The molecule has 0 aliphatic carbocycles. The van der Waals surface area contributed by atoms with Gasteiger partial charge in [0.2, 0.25) is 6.79 Å². The molecule has 4 nitrogen and oxygen atoms in total. The number of fused-ring (bicyclic) bond motifs is 1. The molecular weight excluding hydrogens is 204 g/mol. The Labute approximate surface area is 95.1 Å². The monoisotopic (exact) mass is 220 g/mol. The molecule has 0 spiro atoms. The van der Waals surface area contributed by atoms with Gasteiger partial charge in [-0.05, 0) is 24.7 Å². The van der Waals surface area contributed by atoms with Gasteiger partial charge in [-0.15, -0.1) is 0 Å². The van der Waals surface area contributed by atoms with Gasteiger partial charge in [-0.2, -0.15) is 0 Å². The first-order chi connectivity index (χ1) is 7.83. The standard InChI is InChI=1S/C12H16N2O2/c1-14-5-4-13-10(7-14)9-2-3-11-12(6-9)16-8-15-11/h2-3,6,10,13H,4-5,7-8H2,1H3. The van der Waals surface area contributed by atoms with E-state index in [2.05, 4.69) is 29.4 Å². The molecule has 1 unspecified atom stereocenters. The van der Waals surface area contributed by atoms with Gasteiger partial charge in [-0.3, -0.25) is 0 Å². The maximum atomic E-state index is 5.39. The smallest absolute Gasteiger partial charge is 0.231 e. The van der Waals surface area contributed by atoms with E-state index in [1.807, 2.05) is 6.07 Å². The van der Waals surface area contributed by atoms with Crippen LogP contribution in [-0.4, -0.2) is 38.4 Å². The molecule has 4 heteroatoms. The lowest BCUT2D eigenvalue weighted by atomic mass is 10.0. The average molecular weight is 220 g/mol. The minimum Gasteiger partial charge on any atom is -0.454 e. The molecule has 1 aromatic rings. The summed E-state index contributed by atoms with van der Waals surface area (Å²) in [6.45, 7) is 3.53. The van der Waals surface area contributed by atoms with E-state index >= 15 is 0 Å². The third-order valence-corrected chi connectivity index (χ3v) is 3.18. The molecule has 1 atom stereocenters. The number of hydrogen-bond donors (Lipinski definition) is 1. The molecule has 0 aromatic heterocycles. The van der Waals surface area contributed by atoms with Crippen molar-refractivity contribution in [3.8, 4) is 11.5 Å². The molecule has 16 heavy (non-hydrogen) atoms. The minimum atomic E-state index is 0.344. The SMILES string of the molecule is CN1CCNC(c2ccc3c(c2)OCO3)C1. The highest BCUT2D eigenvalue weighted by molar-refractivity contribution is 5.45. The minimum absolute atomic E-state index is 0.344. The molecule has 1 N–H and O–H groups in total. The van der Waals surface area contributed by atoms with Crippen molar-refractivity contribution in [2.75, 3.05) is 33.5 Å². The molecule has 0 amide bonds. The zero-order chi connectivity index (χ0) is 11.0. The largest absolute Gasteiger partial charge is 0.454 e. The van der Waals surface area contributed by atoms with E-state index in [1.165, 1.54) is 5.56 Å². The van der Waals surface area contributed by atoms with Gasteiger partial charge in [0.15, 0.2) is 11.5 Å². The molecule has 1 aromatic carbocycles. The van der Waals surface area contributed by atoms with Gasteiger partial charge in [0.25, 0.3) is 0 Å². The zero-order valence-corrected chi connectivity index (χ0v) is 9.40. The molecular formula is C12H16N2O2. The third kappa shape index (κ3) is 1.74. The number of nitrogens with one attached hydrogen (secondary N) is 1. The Kier molecular flexibility index (Phi) is 2.46. The number of benzene rings is 1. The second kappa shape index (κ2) is 3.96. The molecule has 2 heterocycles. The molecule has 0 radical (unpaired) electrons. The first kappa shape index (κ1) is 9.93. The van der Waals surface area contributed by atoms with Crippen molar-refractivity contribution >= 4 is 0 Å². The zero-order valence-electron chi connectivity index (χ0n) is 9.40. The summed E-state index contributed by atoms with van der Waals surface area (Å²) in [6.07, 6.45) is 0. The highest BCUT2D eigenvalue weighted by Crippen LogP contribution is 2.34. The van der Waals surface area contributed by atoms with Gasteiger partial charge >= 0.3 is 0 Å². The van der Waals surface area contributed by atoms with Crippen molar-refractivity contribution in [1.29, 1.82) is 0 Å². The molecule has 1 fully saturated rings. The van der Waals surface area contributed by atoms with Crippen molar-refractivity contribution in [3.63, 3.8) is 0 Å². The van der Waals surface area contributed by atoms with Crippen LogP contribution in [0.15, 0.2) is 18.2 Å². The average Bonchev–Trinajstić information content (AvgIpc) is 2.75. The lowest BCUT2D eigenvalue weighted by Crippen LogP contribution is -2.43. The summed E-state index contributed by atoms with van der Waals surface area (Å²) in [5.41, 5.74) is 1.27. The summed E-state index contributed by atoms with van der Waals surface area (Å²) in [5.74, 6) is 1.72. The van der Waals surface area contributed by atoms with Gasteiger partial charge in [0.05, 0.1) is 0 Å². The van der Waals surface area contributed by atoms with Crippen molar-refractivity contribution in [2.45, 2.75) is 6.04 Å². The topological polar surface area (TPSA) is 33.7 Å². The van der Waals surface area contributed by atoms with Crippen LogP contribution in [0.5, 0.6) is 11.5 Å². The summed E-state index contributed by atoms with van der Waals surface area (Å²) >= 11 is 0. The van der Waals surface area contributed by atoms with E-state index in [0.717, 1.165) is 31.1 Å². The Morgan fingerprint density at radius 2 is 2.19 bits per heavy atom. The molecule has 0 saturated carbocycles. The Bertz CT molecular complexity index is 395. The van der Waals surface area contributed by atoms with E-state index in [1.54, 1.807) is 0 Å². The summed E-state index contributed by atoms with van der Waals surface area (Å²) < 4.78 is 10.7. The van der Waals surface area contributed by atoms with Gasteiger partial charge in [-0.25, -0.2) is 0 Å². The van der Waals surface area contributed by atoms with E-state index in [4.69, 9.17) is 9.47 Å². The molecule has 2 aliphatic heterocycles. The van der Waals surface area contributed by atoms with E-state index in [-0.39, 0.29) is 0 Å².